The van der Waals surface area contributed by atoms with Gasteiger partial charge in [0.15, 0.2) is 0 Å². The van der Waals surface area contributed by atoms with Crippen molar-refractivity contribution in [3.63, 3.8) is 0 Å². The van der Waals surface area contributed by atoms with E-state index in [0.717, 1.165) is 25.7 Å². The number of aliphatic hydroxyl groups is 1. The molecule has 0 spiro atoms. The highest BCUT2D eigenvalue weighted by molar-refractivity contribution is 5.75. The second kappa shape index (κ2) is 8.01. The Bertz CT molecular complexity index is 139. The average Bonchev–Trinajstić information content (AvgIpc) is 2.16. The molecule has 0 aromatic carbocycles. The van der Waals surface area contributed by atoms with Crippen molar-refractivity contribution in [3.8, 4) is 0 Å². The molecule has 0 heterocycles. The zero-order valence-electron chi connectivity index (χ0n) is 8.16. The first-order valence-electron chi connectivity index (χ1n) is 4.75. The first kappa shape index (κ1) is 12.4. The number of rotatable bonds is 7. The third-order valence-electron chi connectivity index (χ3n) is 1.74. The SMILES string of the molecule is CCCCCCOC(=O)[C@@H](N)CO. The molecule has 0 amide bonds. The third-order valence-corrected chi connectivity index (χ3v) is 1.74. The minimum absolute atomic E-state index is 0.353. The van der Waals surface area contributed by atoms with Crippen LogP contribution in [0.15, 0.2) is 0 Å². The van der Waals surface area contributed by atoms with Crippen molar-refractivity contribution in [2.45, 2.75) is 38.6 Å². The molecule has 4 nitrogen and oxygen atoms in total. The molecule has 0 fully saturated rings. The fourth-order valence-electron chi connectivity index (χ4n) is 0.883. The average molecular weight is 189 g/mol. The van der Waals surface area contributed by atoms with Crippen molar-refractivity contribution in [2.24, 2.45) is 5.73 Å². The van der Waals surface area contributed by atoms with Gasteiger partial charge in [-0.15, -0.1) is 0 Å². The Morgan fingerprint density at radius 1 is 1.46 bits per heavy atom. The van der Waals surface area contributed by atoms with E-state index in [1.165, 1.54) is 0 Å². The van der Waals surface area contributed by atoms with Gasteiger partial charge in [-0.25, -0.2) is 0 Å². The maximum atomic E-state index is 10.9. The molecule has 13 heavy (non-hydrogen) atoms. The lowest BCUT2D eigenvalue weighted by molar-refractivity contribution is -0.146. The Morgan fingerprint density at radius 2 is 2.15 bits per heavy atom. The highest BCUT2D eigenvalue weighted by Gasteiger charge is 2.12. The Labute approximate surface area is 79.1 Å². The van der Waals surface area contributed by atoms with Gasteiger partial charge >= 0.3 is 5.97 Å². The van der Waals surface area contributed by atoms with Crippen molar-refractivity contribution in [2.75, 3.05) is 13.2 Å². The zero-order valence-corrected chi connectivity index (χ0v) is 8.16. The van der Waals surface area contributed by atoms with Crippen LogP contribution in [0.3, 0.4) is 0 Å². The smallest absolute Gasteiger partial charge is 0.325 e. The van der Waals surface area contributed by atoms with Gasteiger partial charge in [0.2, 0.25) is 0 Å². The van der Waals surface area contributed by atoms with E-state index >= 15 is 0 Å². The van der Waals surface area contributed by atoms with Crippen LogP contribution in [0.1, 0.15) is 32.6 Å². The fourth-order valence-corrected chi connectivity index (χ4v) is 0.883. The molecule has 0 aliphatic carbocycles. The summed E-state index contributed by atoms with van der Waals surface area (Å²) >= 11 is 0. The van der Waals surface area contributed by atoms with Crippen molar-refractivity contribution >= 4 is 5.97 Å². The quantitative estimate of drug-likeness (QED) is 0.450. The van der Waals surface area contributed by atoms with E-state index < -0.39 is 12.0 Å². The molecule has 0 saturated heterocycles. The van der Waals surface area contributed by atoms with Gasteiger partial charge < -0.3 is 15.6 Å². The molecule has 0 aliphatic heterocycles. The summed E-state index contributed by atoms with van der Waals surface area (Å²) in [6.07, 6.45) is 4.25. The standard InChI is InChI=1S/C9H19NO3/c1-2-3-4-5-6-13-9(12)8(10)7-11/h8,11H,2-7,10H2,1H3/t8-/m0/s1. The third kappa shape index (κ3) is 6.54. The molecule has 0 aliphatic rings. The van der Waals surface area contributed by atoms with Crippen molar-refractivity contribution in [1.82, 2.24) is 0 Å². The van der Waals surface area contributed by atoms with E-state index in [1.54, 1.807) is 0 Å². The largest absolute Gasteiger partial charge is 0.464 e. The van der Waals surface area contributed by atoms with E-state index in [0.29, 0.717) is 6.61 Å². The highest BCUT2D eigenvalue weighted by atomic mass is 16.5. The number of carbonyl (C=O) groups is 1. The van der Waals surface area contributed by atoms with Crippen LogP contribution >= 0.6 is 0 Å². The van der Waals surface area contributed by atoms with Gasteiger partial charge in [0.25, 0.3) is 0 Å². The number of hydrogen-bond donors (Lipinski definition) is 2. The lowest BCUT2D eigenvalue weighted by Gasteiger charge is -2.08. The van der Waals surface area contributed by atoms with Crippen molar-refractivity contribution in [1.29, 1.82) is 0 Å². The van der Waals surface area contributed by atoms with Crippen LogP contribution in [0.4, 0.5) is 0 Å². The van der Waals surface area contributed by atoms with E-state index in [9.17, 15) is 4.79 Å². The molecule has 0 aromatic rings. The lowest BCUT2D eigenvalue weighted by atomic mass is 10.2. The number of ether oxygens (including phenoxy) is 1. The molecule has 4 heteroatoms. The van der Waals surface area contributed by atoms with Gasteiger partial charge in [0.05, 0.1) is 13.2 Å². The highest BCUT2D eigenvalue weighted by Crippen LogP contribution is 1.99. The molecular formula is C9H19NO3. The first-order valence-corrected chi connectivity index (χ1v) is 4.75. The van der Waals surface area contributed by atoms with Crippen molar-refractivity contribution in [3.05, 3.63) is 0 Å². The molecule has 0 bridgehead atoms. The molecule has 0 unspecified atom stereocenters. The molecule has 0 rings (SSSR count). The topological polar surface area (TPSA) is 72.5 Å². The summed E-state index contributed by atoms with van der Waals surface area (Å²) in [5, 5.41) is 8.52. The first-order chi connectivity index (χ1) is 6.22. The van der Waals surface area contributed by atoms with E-state index in [4.69, 9.17) is 15.6 Å². The van der Waals surface area contributed by atoms with E-state index in [-0.39, 0.29) is 6.61 Å². The monoisotopic (exact) mass is 189 g/mol. The van der Waals surface area contributed by atoms with E-state index in [1.807, 2.05) is 0 Å². The Hall–Kier alpha value is -0.610. The number of unbranched alkanes of at least 4 members (excludes halogenated alkanes) is 3. The van der Waals surface area contributed by atoms with Crippen LogP contribution < -0.4 is 5.73 Å². The maximum absolute atomic E-state index is 10.9. The Morgan fingerprint density at radius 3 is 2.69 bits per heavy atom. The predicted molar refractivity (Wildman–Crippen MR) is 50.2 cm³/mol. The molecule has 1 atom stereocenters. The van der Waals surface area contributed by atoms with Crippen LogP contribution in [0, 0.1) is 0 Å². The van der Waals surface area contributed by atoms with Gasteiger partial charge in [-0.05, 0) is 6.42 Å². The summed E-state index contributed by atoms with van der Waals surface area (Å²) in [5.41, 5.74) is 5.23. The van der Waals surface area contributed by atoms with Gasteiger partial charge in [-0.2, -0.15) is 0 Å². The van der Waals surface area contributed by atoms with E-state index in [2.05, 4.69) is 6.92 Å². The summed E-state index contributed by atoms with van der Waals surface area (Å²) in [6, 6.07) is -0.883. The fraction of sp³-hybridized carbons (Fsp3) is 0.889. The van der Waals surface area contributed by atoms with Crippen LogP contribution in [0.5, 0.6) is 0 Å². The molecule has 0 radical (unpaired) electrons. The summed E-state index contributed by atoms with van der Waals surface area (Å²) in [5.74, 6) is -0.515. The van der Waals surface area contributed by atoms with Gasteiger partial charge in [-0.3, -0.25) is 4.79 Å². The van der Waals surface area contributed by atoms with Crippen LogP contribution in [0.25, 0.3) is 0 Å². The van der Waals surface area contributed by atoms with Crippen LogP contribution in [-0.4, -0.2) is 30.3 Å². The van der Waals surface area contributed by atoms with Crippen molar-refractivity contribution < 1.29 is 14.6 Å². The molecular weight excluding hydrogens is 170 g/mol. The second-order valence-corrected chi connectivity index (χ2v) is 3.02. The van der Waals surface area contributed by atoms with Crippen LogP contribution in [0.2, 0.25) is 0 Å². The molecule has 3 N–H and O–H groups in total. The van der Waals surface area contributed by atoms with Crippen LogP contribution in [-0.2, 0) is 9.53 Å². The van der Waals surface area contributed by atoms with Gasteiger partial charge in [-0.1, -0.05) is 26.2 Å². The second-order valence-electron chi connectivity index (χ2n) is 3.02. The molecule has 0 aromatic heterocycles. The van der Waals surface area contributed by atoms with Gasteiger partial charge in [0, 0.05) is 0 Å². The number of nitrogens with two attached hydrogens (primary N) is 1. The lowest BCUT2D eigenvalue weighted by Crippen LogP contribution is -2.35. The maximum Gasteiger partial charge on any atom is 0.325 e. The molecule has 78 valence electrons. The molecule has 0 saturated carbocycles. The summed E-state index contributed by atoms with van der Waals surface area (Å²) < 4.78 is 4.82. The number of carbonyl (C=O) groups excluding carboxylic acids is 1. The minimum Gasteiger partial charge on any atom is -0.464 e. The summed E-state index contributed by atoms with van der Waals surface area (Å²) in [7, 11) is 0. The summed E-state index contributed by atoms with van der Waals surface area (Å²) in [4.78, 5) is 10.9. The Balaban J connectivity index is 3.27. The number of esters is 1. The normalized spacial score (nSPS) is 12.5. The predicted octanol–water partition coefficient (Wildman–Crippen LogP) is 0.430. The summed E-state index contributed by atoms with van der Waals surface area (Å²) in [6.45, 7) is 2.17. The Kier molecular flexibility index (Phi) is 7.63. The number of hydrogen-bond acceptors (Lipinski definition) is 4. The van der Waals surface area contributed by atoms with Gasteiger partial charge in [0.1, 0.15) is 6.04 Å². The number of aliphatic hydroxyl groups excluding tert-OH is 1. The zero-order chi connectivity index (χ0) is 10.1. The minimum atomic E-state index is -0.883.